The number of nitriles is 1. The summed E-state index contributed by atoms with van der Waals surface area (Å²) in [5.74, 6) is 0. The number of aromatic nitrogens is 2. The lowest BCUT2D eigenvalue weighted by atomic mass is 9.97. The van der Waals surface area contributed by atoms with Crippen molar-refractivity contribution < 1.29 is 13.2 Å². The van der Waals surface area contributed by atoms with Crippen molar-refractivity contribution in [2.45, 2.75) is 20.0 Å². The first-order valence-corrected chi connectivity index (χ1v) is 15.3. The first-order chi connectivity index (χ1) is 23.2. The van der Waals surface area contributed by atoms with Crippen molar-refractivity contribution in [3.63, 3.8) is 0 Å². The minimum Gasteiger partial charge on any atom is -0.308 e. The van der Waals surface area contributed by atoms with E-state index in [1.807, 2.05) is 83.6 Å². The zero-order chi connectivity index (χ0) is 33.3. The van der Waals surface area contributed by atoms with Crippen LogP contribution < -0.4 is 0 Å². The van der Waals surface area contributed by atoms with Gasteiger partial charge in [0.2, 0.25) is 0 Å². The summed E-state index contributed by atoms with van der Waals surface area (Å²) >= 11 is 0. The monoisotopic (exact) mass is 630 g/mol. The normalized spacial score (nSPS) is 11.8. The molecule has 0 radical (unpaired) electrons. The van der Waals surface area contributed by atoms with Gasteiger partial charge in [-0.2, -0.15) is 18.4 Å². The van der Waals surface area contributed by atoms with Crippen LogP contribution in [0.5, 0.6) is 0 Å². The molecule has 7 heteroatoms. The first kappa shape index (κ1) is 29.1. The van der Waals surface area contributed by atoms with Crippen molar-refractivity contribution in [1.82, 2.24) is 9.13 Å². The number of fused-ring (bicyclic) bond motifs is 6. The molecule has 0 amide bonds. The maximum Gasteiger partial charge on any atom is 0.415 e. The number of para-hydroxylation sites is 2. The van der Waals surface area contributed by atoms with Crippen LogP contribution in [0.25, 0.3) is 71.0 Å². The number of aryl methyl sites for hydroxylation is 2. The Morgan fingerprint density at radius 3 is 1.56 bits per heavy atom. The number of alkyl halides is 3. The van der Waals surface area contributed by atoms with Crippen LogP contribution in [0.15, 0.2) is 115 Å². The third-order valence-corrected chi connectivity index (χ3v) is 9.06. The Morgan fingerprint density at radius 2 is 1.08 bits per heavy atom. The number of halogens is 3. The molecule has 0 fully saturated rings. The smallest absolute Gasteiger partial charge is 0.308 e. The van der Waals surface area contributed by atoms with Gasteiger partial charge in [0.05, 0.1) is 40.0 Å². The van der Waals surface area contributed by atoms with E-state index in [9.17, 15) is 18.4 Å². The molecule has 0 aliphatic rings. The van der Waals surface area contributed by atoms with E-state index >= 15 is 0 Å². The van der Waals surface area contributed by atoms with Gasteiger partial charge in [-0.25, -0.2) is 4.85 Å². The number of hydrogen-bond donors (Lipinski definition) is 0. The van der Waals surface area contributed by atoms with Crippen LogP contribution in [0, 0.1) is 31.8 Å². The molecule has 2 heterocycles. The Bertz CT molecular complexity index is 2570. The summed E-state index contributed by atoms with van der Waals surface area (Å²) in [6.07, 6.45) is -4.65. The van der Waals surface area contributed by atoms with E-state index in [2.05, 4.69) is 35.2 Å². The standard InChI is InChI=1S/C41H25F3N4/c1-24-12-14-32-30-8-4-6-10-35(30)47(37(32)16-24)39-20-27(26-18-28(41(42,43)44)22-29(19-26)46-3)21-40(34(39)23-45)48-36-11-7-5-9-31(36)33-15-13-25(2)17-38(33)48/h4-22H,1-2H3. The van der Waals surface area contributed by atoms with Gasteiger partial charge >= 0.3 is 6.18 Å². The average Bonchev–Trinajstić information content (AvgIpc) is 3.58. The Morgan fingerprint density at radius 1 is 0.604 bits per heavy atom. The number of rotatable bonds is 3. The highest BCUT2D eigenvalue weighted by molar-refractivity contribution is 6.11. The molecule has 4 nitrogen and oxygen atoms in total. The molecule has 8 rings (SSSR count). The van der Waals surface area contributed by atoms with Gasteiger partial charge in [0.25, 0.3) is 0 Å². The summed E-state index contributed by atoms with van der Waals surface area (Å²) in [5.41, 5.74) is 6.61. The second-order valence-corrected chi connectivity index (χ2v) is 12.1. The SMILES string of the molecule is [C-]#[N+]c1cc(-c2cc(-n3c4ccccc4c4ccc(C)cc43)c(C#N)c(-n3c4ccccc4c4ccc(C)cc43)c2)cc(C(F)(F)F)c1. The lowest BCUT2D eigenvalue weighted by molar-refractivity contribution is -0.137. The lowest BCUT2D eigenvalue weighted by Crippen LogP contribution is -2.06. The minimum atomic E-state index is -4.65. The molecule has 6 aromatic carbocycles. The van der Waals surface area contributed by atoms with E-state index in [-0.39, 0.29) is 11.3 Å². The third kappa shape index (κ3) is 4.44. The molecular weight excluding hydrogens is 605 g/mol. The van der Waals surface area contributed by atoms with Crippen molar-refractivity contribution >= 4 is 49.3 Å². The summed E-state index contributed by atoms with van der Waals surface area (Å²) in [6.45, 7) is 11.6. The Labute approximate surface area is 273 Å². The van der Waals surface area contributed by atoms with Gasteiger partial charge < -0.3 is 9.13 Å². The molecule has 230 valence electrons. The van der Waals surface area contributed by atoms with Gasteiger partial charge in [-0.15, -0.1) is 0 Å². The quantitative estimate of drug-likeness (QED) is 0.179. The Hall–Kier alpha value is -6.31. The molecule has 0 atom stereocenters. The van der Waals surface area contributed by atoms with Crippen LogP contribution in [0.4, 0.5) is 18.9 Å². The molecule has 48 heavy (non-hydrogen) atoms. The molecule has 0 saturated carbocycles. The van der Waals surface area contributed by atoms with Crippen LogP contribution in [0.2, 0.25) is 0 Å². The van der Waals surface area contributed by atoms with E-state index in [1.165, 1.54) is 6.07 Å². The predicted molar refractivity (Wildman–Crippen MR) is 186 cm³/mol. The summed E-state index contributed by atoms with van der Waals surface area (Å²) < 4.78 is 46.5. The topological polar surface area (TPSA) is 38.0 Å². The molecule has 0 aliphatic heterocycles. The van der Waals surface area contributed by atoms with Crippen molar-refractivity contribution in [2.24, 2.45) is 0 Å². The molecule has 0 N–H and O–H groups in total. The second kappa shape index (κ2) is 10.6. The zero-order valence-corrected chi connectivity index (χ0v) is 25.9. The predicted octanol–water partition coefficient (Wildman–Crippen LogP) is 11.6. The Kier molecular flexibility index (Phi) is 6.44. The van der Waals surface area contributed by atoms with Gasteiger partial charge in [-0.3, -0.25) is 0 Å². The molecule has 8 aromatic rings. The van der Waals surface area contributed by atoms with Crippen molar-refractivity contribution in [1.29, 1.82) is 5.26 Å². The van der Waals surface area contributed by atoms with Crippen molar-refractivity contribution in [3.05, 3.63) is 149 Å². The van der Waals surface area contributed by atoms with Crippen LogP contribution in [0.1, 0.15) is 22.3 Å². The molecule has 0 saturated heterocycles. The lowest BCUT2D eigenvalue weighted by Gasteiger charge is -2.19. The van der Waals surface area contributed by atoms with Gasteiger partial charge in [0, 0.05) is 27.1 Å². The fourth-order valence-electron chi connectivity index (χ4n) is 6.93. The second-order valence-electron chi connectivity index (χ2n) is 12.1. The largest absolute Gasteiger partial charge is 0.415 e. The maximum atomic E-state index is 14.1. The van der Waals surface area contributed by atoms with E-state index < -0.39 is 11.7 Å². The number of nitrogens with zero attached hydrogens (tertiary/aromatic N) is 4. The zero-order valence-electron chi connectivity index (χ0n) is 25.9. The van der Waals surface area contributed by atoms with Crippen LogP contribution in [-0.2, 0) is 6.18 Å². The molecule has 0 bridgehead atoms. The molecular formula is C41H25F3N4. The third-order valence-electron chi connectivity index (χ3n) is 9.06. The molecule has 0 spiro atoms. The first-order valence-electron chi connectivity index (χ1n) is 15.3. The van der Waals surface area contributed by atoms with Crippen LogP contribution >= 0.6 is 0 Å². The number of benzene rings is 6. The number of hydrogen-bond acceptors (Lipinski definition) is 1. The summed E-state index contributed by atoms with van der Waals surface area (Å²) in [5, 5.41) is 15.0. The van der Waals surface area contributed by atoms with Crippen LogP contribution in [-0.4, -0.2) is 9.13 Å². The highest BCUT2D eigenvalue weighted by Crippen LogP contribution is 2.42. The van der Waals surface area contributed by atoms with E-state index in [4.69, 9.17) is 6.57 Å². The summed E-state index contributed by atoms with van der Waals surface area (Å²) in [6, 6.07) is 37.7. The van der Waals surface area contributed by atoms with Crippen molar-refractivity contribution in [3.8, 4) is 28.6 Å². The summed E-state index contributed by atoms with van der Waals surface area (Å²) in [7, 11) is 0. The fourth-order valence-corrected chi connectivity index (χ4v) is 6.93. The fraction of sp³-hybridized carbons (Fsp3) is 0.0732. The van der Waals surface area contributed by atoms with Gasteiger partial charge in [-0.1, -0.05) is 60.7 Å². The van der Waals surface area contributed by atoms with E-state index in [0.717, 1.165) is 66.9 Å². The maximum absolute atomic E-state index is 14.1. The van der Waals surface area contributed by atoms with Gasteiger partial charge in [0.15, 0.2) is 5.69 Å². The van der Waals surface area contributed by atoms with E-state index in [1.54, 1.807) is 12.1 Å². The highest BCUT2D eigenvalue weighted by Gasteiger charge is 2.31. The molecule has 0 aliphatic carbocycles. The molecule has 2 aromatic heterocycles. The highest BCUT2D eigenvalue weighted by atomic mass is 19.4. The van der Waals surface area contributed by atoms with E-state index in [0.29, 0.717) is 22.5 Å². The van der Waals surface area contributed by atoms with Crippen molar-refractivity contribution in [2.75, 3.05) is 0 Å². The Balaban J connectivity index is 1.58. The van der Waals surface area contributed by atoms with Gasteiger partial charge in [0.1, 0.15) is 11.6 Å². The van der Waals surface area contributed by atoms with Crippen LogP contribution in [0.3, 0.4) is 0 Å². The minimum absolute atomic E-state index is 0.118. The summed E-state index contributed by atoms with van der Waals surface area (Å²) in [4.78, 5) is 3.38. The van der Waals surface area contributed by atoms with Gasteiger partial charge in [-0.05, 0) is 90.7 Å². The average molecular weight is 631 g/mol. The molecule has 0 unspecified atom stereocenters.